The summed E-state index contributed by atoms with van der Waals surface area (Å²) in [6.07, 6.45) is 0. The molecule has 0 N–H and O–H groups in total. The number of imidazole rings is 1. The zero-order chi connectivity index (χ0) is 15.1. The van der Waals surface area contributed by atoms with Crippen LogP contribution in [-0.4, -0.2) is 9.55 Å². The lowest BCUT2D eigenvalue weighted by Crippen LogP contribution is -2.03. The third-order valence-electron chi connectivity index (χ3n) is 3.06. The van der Waals surface area contributed by atoms with E-state index in [0.717, 1.165) is 6.07 Å². The summed E-state index contributed by atoms with van der Waals surface area (Å²) in [5, 5.41) is 0.623. The molecular formula is C14H7Cl3F2N2. The average Bonchev–Trinajstić information content (AvgIpc) is 2.80. The zero-order valence-corrected chi connectivity index (χ0v) is 12.6. The maximum atomic E-state index is 14.1. The molecule has 0 aliphatic rings. The third-order valence-corrected chi connectivity index (χ3v) is 4.02. The van der Waals surface area contributed by atoms with Crippen molar-refractivity contribution in [1.29, 1.82) is 0 Å². The van der Waals surface area contributed by atoms with Crippen LogP contribution in [0.5, 0.6) is 0 Å². The van der Waals surface area contributed by atoms with Gasteiger partial charge in [-0.05, 0) is 24.3 Å². The quantitative estimate of drug-likeness (QED) is 0.571. The Balaban J connectivity index is 2.40. The first-order chi connectivity index (χ1) is 10.0. The van der Waals surface area contributed by atoms with Crippen molar-refractivity contribution in [3.8, 4) is 5.69 Å². The second-order valence-corrected chi connectivity index (χ2v) is 5.41. The summed E-state index contributed by atoms with van der Waals surface area (Å²) in [5.74, 6) is -1.53. The summed E-state index contributed by atoms with van der Waals surface area (Å²) < 4.78 is 29.0. The minimum atomic E-state index is -0.978. The summed E-state index contributed by atoms with van der Waals surface area (Å²) in [4.78, 5) is 4.28. The van der Waals surface area contributed by atoms with Crippen molar-refractivity contribution in [1.82, 2.24) is 9.55 Å². The van der Waals surface area contributed by atoms with Crippen molar-refractivity contribution in [3.05, 3.63) is 57.8 Å². The van der Waals surface area contributed by atoms with Crippen molar-refractivity contribution < 1.29 is 8.78 Å². The Kier molecular flexibility index (Phi) is 3.78. The zero-order valence-electron chi connectivity index (χ0n) is 10.4. The fraction of sp³-hybridized carbons (Fsp3) is 0.0714. The van der Waals surface area contributed by atoms with Gasteiger partial charge in [0.2, 0.25) is 0 Å². The number of fused-ring (bicyclic) bond motifs is 1. The smallest absolute Gasteiger partial charge is 0.182 e. The average molecular weight is 348 g/mol. The van der Waals surface area contributed by atoms with Crippen LogP contribution in [0, 0.1) is 11.6 Å². The molecule has 0 aliphatic carbocycles. The number of nitrogens with zero attached hydrogens (tertiary/aromatic N) is 2. The van der Waals surface area contributed by atoms with E-state index in [1.54, 1.807) is 12.1 Å². The van der Waals surface area contributed by atoms with Crippen LogP contribution < -0.4 is 0 Å². The molecule has 7 heteroatoms. The molecule has 3 rings (SSSR count). The highest BCUT2D eigenvalue weighted by Crippen LogP contribution is 2.31. The SMILES string of the molecule is Fc1cccc(-n2c(CCl)nc3cc(Cl)c(Cl)cc32)c1F. The fourth-order valence-corrected chi connectivity index (χ4v) is 2.64. The van der Waals surface area contributed by atoms with Crippen LogP contribution in [0.2, 0.25) is 10.0 Å². The molecule has 21 heavy (non-hydrogen) atoms. The molecule has 0 atom stereocenters. The normalized spacial score (nSPS) is 11.3. The van der Waals surface area contributed by atoms with E-state index in [4.69, 9.17) is 34.8 Å². The van der Waals surface area contributed by atoms with Gasteiger partial charge in [0, 0.05) is 0 Å². The number of aromatic nitrogens is 2. The Hall–Kier alpha value is -1.36. The van der Waals surface area contributed by atoms with Crippen LogP contribution >= 0.6 is 34.8 Å². The van der Waals surface area contributed by atoms with E-state index < -0.39 is 11.6 Å². The molecule has 0 saturated carbocycles. The van der Waals surface area contributed by atoms with Crippen LogP contribution in [0.25, 0.3) is 16.7 Å². The Morgan fingerprint density at radius 3 is 2.52 bits per heavy atom. The summed E-state index contributed by atoms with van der Waals surface area (Å²) >= 11 is 17.8. The Bertz CT molecular complexity index is 846. The van der Waals surface area contributed by atoms with Gasteiger partial charge in [-0.15, -0.1) is 11.6 Å². The van der Waals surface area contributed by atoms with Crippen LogP contribution in [0.15, 0.2) is 30.3 Å². The standard InChI is InChI=1S/C14H7Cl3F2N2/c15-6-13-20-10-4-7(16)8(17)5-12(10)21(13)11-3-1-2-9(18)14(11)19/h1-5H,6H2. The second-order valence-electron chi connectivity index (χ2n) is 4.33. The lowest BCUT2D eigenvalue weighted by Gasteiger charge is -2.09. The first kappa shape index (κ1) is 14.6. The van der Waals surface area contributed by atoms with Gasteiger partial charge >= 0.3 is 0 Å². The first-order valence-corrected chi connectivity index (χ1v) is 7.18. The van der Waals surface area contributed by atoms with Crippen molar-refractivity contribution in [2.45, 2.75) is 5.88 Å². The van der Waals surface area contributed by atoms with Crippen LogP contribution in [-0.2, 0) is 5.88 Å². The molecular weight excluding hydrogens is 341 g/mol. The van der Waals surface area contributed by atoms with Crippen molar-refractivity contribution in [2.75, 3.05) is 0 Å². The van der Waals surface area contributed by atoms with Crippen LogP contribution in [0.3, 0.4) is 0 Å². The highest BCUT2D eigenvalue weighted by Gasteiger charge is 2.18. The molecule has 0 fully saturated rings. The molecule has 0 unspecified atom stereocenters. The number of halogens is 5. The number of benzene rings is 2. The number of alkyl halides is 1. The molecule has 3 aromatic rings. The van der Waals surface area contributed by atoms with Gasteiger partial charge in [-0.25, -0.2) is 13.8 Å². The summed E-state index contributed by atoms with van der Waals surface area (Å²) in [5.41, 5.74) is 1.03. The fourth-order valence-electron chi connectivity index (χ4n) is 2.15. The Labute approximate surface area is 133 Å². The molecule has 1 aromatic heterocycles. The monoisotopic (exact) mass is 346 g/mol. The Morgan fingerprint density at radius 1 is 1.10 bits per heavy atom. The molecule has 0 spiro atoms. The van der Waals surface area contributed by atoms with E-state index in [1.165, 1.54) is 16.7 Å². The minimum Gasteiger partial charge on any atom is -0.292 e. The molecule has 1 heterocycles. The predicted molar refractivity (Wildman–Crippen MR) is 80.6 cm³/mol. The maximum Gasteiger partial charge on any atom is 0.182 e. The molecule has 0 aliphatic heterocycles. The molecule has 2 nitrogen and oxygen atoms in total. The van der Waals surface area contributed by atoms with E-state index >= 15 is 0 Å². The van der Waals surface area contributed by atoms with Gasteiger partial charge < -0.3 is 0 Å². The highest BCUT2D eigenvalue weighted by molar-refractivity contribution is 6.42. The third kappa shape index (κ3) is 2.37. The number of rotatable bonds is 2. The molecule has 0 amide bonds. The summed E-state index contributed by atoms with van der Waals surface area (Å²) in [7, 11) is 0. The van der Waals surface area contributed by atoms with Gasteiger partial charge in [-0.2, -0.15) is 0 Å². The highest BCUT2D eigenvalue weighted by atomic mass is 35.5. The summed E-state index contributed by atoms with van der Waals surface area (Å²) in [6, 6.07) is 7.00. The minimum absolute atomic E-state index is 0.0199. The lowest BCUT2D eigenvalue weighted by molar-refractivity contribution is 0.504. The molecule has 0 saturated heterocycles. The van der Waals surface area contributed by atoms with Crippen LogP contribution in [0.4, 0.5) is 8.78 Å². The largest absolute Gasteiger partial charge is 0.292 e. The van der Waals surface area contributed by atoms with Gasteiger partial charge in [0.05, 0.1) is 32.6 Å². The molecule has 108 valence electrons. The van der Waals surface area contributed by atoms with Gasteiger partial charge in [-0.1, -0.05) is 29.3 Å². The maximum absolute atomic E-state index is 14.1. The van der Waals surface area contributed by atoms with E-state index in [1.807, 2.05) is 0 Å². The van der Waals surface area contributed by atoms with Crippen LogP contribution in [0.1, 0.15) is 5.82 Å². The lowest BCUT2D eigenvalue weighted by atomic mass is 10.2. The first-order valence-electron chi connectivity index (χ1n) is 5.89. The molecule has 0 radical (unpaired) electrons. The Morgan fingerprint density at radius 2 is 1.81 bits per heavy atom. The summed E-state index contributed by atoms with van der Waals surface area (Å²) in [6.45, 7) is 0. The van der Waals surface area contributed by atoms with E-state index in [9.17, 15) is 8.78 Å². The van der Waals surface area contributed by atoms with E-state index in [-0.39, 0.29) is 11.6 Å². The number of hydrogen-bond acceptors (Lipinski definition) is 1. The van der Waals surface area contributed by atoms with E-state index in [2.05, 4.69) is 4.98 Å². The molecule has 2 aromatic carbocycles. The van der Waals surface area contributed by atoms with E-state index in [0.29, 0.717) is 26.9 Å². The van der Waals surface area contributed by atoms with Gasteiger partial charge in [0.1, 0.15) is 5.82 Å². The topological polar surface area (TPSA) is 17.8 Å². The van der Waals surface area contributed by atoms with Gasteiger partial charge in [-0.3, -0.25) is 4.57 Å². The number of hydrogen-bond donors (Lipinski definition) is 0. The second kappa shape index (κ2) is 5.44. The predicted octanol–water partition coefficient (Wildman–Crippen LogP) is 5.35. The van der Waals surface area contributed by atoms with Gasteiger partial charge in [0.25, 0.3) is 0 Å². The van der Waals surface area contributed by atoms with Crippen molar-refractivity contribution in [2.24, 2.45) is 0 Å². The van der Waals surface area contributed by atoms with Gasteiger partial charge in [0.15, 0.2) is 11.6 Å². The van der Waals surface area contributed by atoms with Crippen molar-refractivity contribution in [3.63, 3.8) is 0 Å². The van der Waals surface area contributed by atoms with Crippen molar-refractivity contribution >= 4 is 45.8 Å². The molecule has 0 bridgehead atoms.